The van der Waals surface area contributed by atoms with Crippen LogP contribution in [0, 0.1) is 5.92 Å². The standard InChI is InChI=1S/C19H26/c1-6-9-11-15(4)14-18-13-12-17(10-7-2)19(8-3)16(18)5/h6-8,10-11,18H,1,3,5,9,12-14H2,2,4H3. The van der Waals surface area contributed by atoms with Crippen LogP contribution in [-0.4, -0.2) is 0 Å². The first-order valence-electron chi connectivity index (χ1n) is 7.08. The van der Waals surface area contributed by atoms with Gasteiger partial charge < -0.3 is 0 Å². The Morgan fingerprint density at radius 1 is 1.37 bits per heavy atom. The lowest BCUT2D eigenvalue weighted by Gasteiger charge is -2.28. The Morgan fingerprint density at radius 3 is 2.68 bits per heavy atom. The molecule has 0 fully saturated rings. The van der Waals surface area contributed by atoms with E-state index in [1.165, 1.54) is 28.7 Å². The van der Waals surface area contributed by atoms with Gasteiger partial charge in [0.15, 0.2) is 0 Å². The number of rotatable bonds is 6. The maximum absolute atomic E-state index is 4.30. The van der Waals surface area contributed by atoms with Gasteiger partial charge in [-0.1, -0.05) is 49.1 Å². The fourth-order valence-electron chi connectivity index (χ4n) is 2.68. The Balaban J connectivity index is 2.84. The van der Waals surface area contributed by atoms with Crippen LogP contribution in [0.3, 0.4) is 0 Å². The Morgan fingerprint density at radius 2 is 2.11 bits per heavy atom. The third-order valence-corrected chi connectivity index (χ3v) is 3.72. The van der Waals surface area contributed by atoms with Gasteiger partial charge in [-0.2, -0.15) is 0 Å². The van der Waals surface area contributed by atoms with Crippen LogP contribution < -0.4 is 0 Å². The van der Waals surface area contributed by atoms with E-state index in [-0.39, 0.29) is 0 Å². The van der Waals surface area contributed by atoms with E-state index in [9.17, 15) is 0 Å². The summed E-state index contributed by atoms with van der Waals surface area (Å²) in [6.45, 7) is 16.3. The minimum atomic E-state index is 0.558. The molecule has 0 bridgehead atoms. The van der Waals surface area contributed by atoms with Gasteiger partial charge in [-0.05, 0) is 62.2 Å². The third kappa shape index (κ3) is 4.24. The predicted molar refractivity (Wildman–Crippen MR) is 87.1 cm³/mol. The lowest BCUT2D eigenvalue weighted by molar-refractivity contribution is 0.544. The van der Waals surface area contributed by atoms with Gasteiger partial charge in [0.2, 0.25) is 0 Å². The monoisotopic (exact) mass is 254 g/mol. The predicted octanol–water partition coefficient (Wildman–Crippen LogP) is 5.92. The minimum Gasteiger partial charge on any atom is -0.103 e. The first-order valence-corrected chi connectivity index (χ1v) is 7.08. The summed E-state index contributed by atoms with van der Waals surface area (Å²) in [7, 11) is 0. The fourth-order valence-corrected chi connectivity index (χ4v) is 2.68. The Kier molecular flexibility index (Phi) is 6.35. The molecule has 0 saturated heterocycles. The first kappa shape index (κ1) is 15.5. The highest BCUT2D eigenvalue weighted by atomic mass is 14.3. The lowest BCUT2D eigenvalue weighted by atomic mass is 9.77. The molecule has 1 aliphatic carbocycles. The van der Waals surface area contributed by atoms with E-state index in [1.807, 2.05) is 12.2 Å². The number of hydrogen-bond acceptors (Lipinski definition) is 0. The number of allylic oxidation sites excluding steroid dienone is 9. The van der Waals surface area contributed by atoms with E-state index >= 15 is 0 Å². The van der Waals surface area contributed by atoms with Crippen LogP contribution in [0.15, 0.2) is 72.4 Å². The molecule has 1 aliphatic rings. The summed E-state index contributed by atoms with van der Waals surface area (Å²) in [5, 5.41) is 0. The smallest absolute Gasteiger partial charge is 0.0122 e. The lowest BCUT2D eigenvalue weighted by Crippen LogP contribution is -2.12. The van der Waals surface area contributed by atoms with Crippen LogP contribution in [0.2, 0.25) is 0 Å². The molecule has 0 saturated carbocycles. The van der Waals surface area contributed by atoms with Crippen LogP contribution >= 0.6 is 0 Å². The summed E-state index contributed by atoms with van der Waals surface area (Å²) in [5.74, 6) is 0.558. The Labute approximate surface area is 118 Å². The van der Waals surface area contributed by atoms with Gasteiger partial charge in [-0.25, -0.2) is 0 Å². The largest absolute Gasteiger partial charge is 0.103 e. The van der Waals surface area contributed by atoms with Crippen molar-refractivity contribution in [2.75, 3.05) is 0 Å². The van der Waals surface area contributed by atoms with Crippen molar-refractivity contribution >= 4 is 0 Å². The zero-order chi connectivity index (χ0) is 14.3. The molecule has 0 radical (unpaired) electrons. The molecule has 0 aromatic carbocycles. The molecular weight excluding hydrogens is 228 g/mol. The van der Waals surface area contributed by atoms with Crippen molar-refractivity contribution in [3.8, 4) is 0 Å². The molecule has 0 heteroatoms. The van der Waals surface area contributed by atoms with Crippen molar-refractivity contribution in [3.63, 3.8) is 0 Å². The molecule has 0 N–H and O–H groups in total. The second-order valence-corrected chi connectivity index (χ2v) is 5.18. The summed E-state index contributed by atoms with van der Waals surface area (Å²) in [5.41, 5.74) is 5.32. The topological polar surface area (TPSA) is 0 Å². The summed E-state index contributed by atoms with van der Waals surface area (Å²) < 4.78 is 0. The molecule has 1 unspecified atom stereocenters. The van der Waals surface area contributed by atoms with Gasteiger partial charge in [-0.15, -0.1) is 6.58 Å². The van der Waals surface area contributed by atoms with Crippen LogP contribution in [0.5, 0.6) is 0 Å². The summed E-state index contributed by atoms with van der Waals surface area (Å²) in [6, 6.07) is 0. The molecule has 1 atom stereocenters. The summed E-state index contributed by atoms with van der Waals surface area (Å²) in [6.07, 6.45) is 14.8. The van der Waals surface area contributed by atoms with E-state index in [4.69, 9.17) is 0 Å². The average molecular weight is 254 g/mol. The van der Waals surface area contributed by atoms with Crippen LogP contribution in [0.25, 0.3) is 0 Å². The molecule has 0 amide bonds. The van der Waals surface area contributed by atoms with Gasteiger partial charge in [0.05, 0.1) is 0 Å². The van der Waals surface area contributed by atoms with Gasteiger partial charge in [0.25, 0.3) is 0 Å². The highest BCUT2D eigenvalue weighted by molar-refractivity contribution is 5.48. The van der Waals surface area contributed by atoms with E-state index < -0.39 is 0 Å². The minimum absolute atomic E-state index is 0.558. The molecule has 0 spiro atoms. The Hall–Kier alpha value is -1.56. The molecule has 0 heterocycles. The van der Waals surface area contributed by atoms with Crippen molar-refractivity contribution < 1.29 is 0 Å². The van der Waals surface area contributed by atoms with Crippen molar-refractivity contribution in [2.45, 2.75) is 39.5 Å². The summed E-state index contributed by atoms with van der Waals surface area (Å²) >= 11 is 0. The third-order valence-electron chi connectivity index (χ3n) is 3.72. The van der Waals surface area contributed by atoms with Gasteiger partial charge >= 0.3 is 0 Å². The molecule has 1 rings (SSSR count). The van der Waals surface area contributed by atoms with Gasteiger partial charge in [-0.3, -0.25) is 0 Å². The zero-order valence-electron chi connectivity index (χ0n) is 12.4. The molecule has 19 heavy (non-hydrogen) atoms. The molecule has 0 aromatic heterocycles. The van der Waals surface area contributed by atoms with Crippen molar-refractivity contribution in [2.24, 2.45) is 5.92 Å². The maximum atomic E-state index is 4.30. The van der Waals surface area contributed by atoms with Gasteiger partial charge in [0.1, 0.15) is 0 Å². The van der Waals surface area contributed by atoms with Crippen LogP contribution in [0.4, 0.5) is 0 Å². The molecule has 102 valence electrons. The Bertz CT molecular complexity index is 441. The van der Waals surface area contributed by atoms with Gasteiger partial charge in [0, 0.05) is 0 Å². The van der Waals surface area contributed by atoms with Crippen molar-refractivity contribution in [1.82, 2.24) is 0 Å². The normalized spacial score (nSPS) is 21.1. The molecule has 0 aromatic rings. The van der Waals surface area contributed by atoms with E-state index in [2.05, 4.69) is 51.8 Å². The highest BCUT2D eigenvalue weighted by Gasteiger charge is 2.22. The van der Waals surface area contributed by atoms with E-state index in [1.54, 1.807) is 0 Å². The van der Waals surface area contributed by atoms with Crippen LogP contribution in [-0.2, 0) is 0 Å². The van der Waals surface area contributed by atoms with Crippen LogP contribution in [0.1, 0.15) is 39.5 Å². The maximum Gasteiger partial charge on any atom is -0.0122 e. The highest BCUT2D eigenvalue weighted by Crippen LogP contribution is 2.37. The van der Waals surface area contributed by atoms with Crippen molar-refractivity contribution in [3.05, 3.63) is 72.4 Å². The fraction of sp³-hybridized carbons (Fsp3) is 0.368. The summed E-state index contributed by atoms with van der Waals surface area (Å²) in [4.78, 5) is 0. The quantitative estimate of drug-likeness (QED) is 0.516. The first-order chi connectivity index (χ1) is 9.13. The van der Waals surface area contributed by atoms with E-state index in [0.29, 0.717) is 5.92 Å². The second-order valence-electron chi connectivity index (χ2n) is 5.18. The number of hydrogen-bond donors (Lipinski definition) is 0. The second kappa shape index (κ2) is 7.78. The molecular formula is C19H26. The van der Waals surface area contributed by atoms with E-state index in [0.717, 1.165) is 19.3 Å². The molecule has 0 aliphatic heterocycles. The zero-order valence-corrected chi connectivity index (χ0v) is 12.4. The average Bonchev–Trinajstić information content (AvgIpc) is 2.40. The van der Waals surface area contributed by atoms with Crippen molar-refractivity contribution in [1.29, 1.82) is 0 Å². The SMILES string of the molecule is C=CCC=C(C)CC1CCC(C=CC)=C(C=C)C1=C. The molecule has 0 nitrogen and oxygen atoms in total.